The average molecular weight is 246 g/mol. The summed E-state index contributed by atoms with van der Waals surface area (Å²) in [5, 5.41) is 9.25. The number of hydrogen-bond donors (Lipinski definition) is 2. The standard InChI is InChI=1S/C8H12BrN3O/c1-2-7(9)8(13)10-3-6-4-11-12-5-6/h4-5,7H,2-3H2,1H3,(H,10,13)(H,11,12). The predicted molar refractivity (Wildman–Crippen MR) is 53.4 cm³/mol. The summed E-state index contributed by atoms with van der Waals surface area (Å²) in [7, 11) is 0. The Morgan fingerprint density at radius 2 is 2.62 bits per heavy atom. The number of hydrogen-bond acceptors (Lipinski definition) is 2. The van der Waals surface area contributed by atoms with Crippen LogP contribution in [0, 0.1) is 0 Å². The maximum atomic E-state index is 11.3. The number of halogens is 1. The third-order valence-electron chi connectivity index (χ3n) is 1.66. The van der Waals surface area contributed by atoms with E-state index in [2.05, 4.69) is 31.4 Å². The number of nitrogens with one attached hydrogen (secondary N) is 2. The molecular weight excluding hydrogens is 234 g/mol. The van der Waals surface area contributed by atoms with Crippen LogP contribution < -0.4 is 5.32 Å². The molecule has 1 aromatic heterocycles. The maximum absolute atomic E-state index is 11.3. The monoisotopic (exact) mass is 245 g/mol. The van der Waals surface area contributed by atoms with Gasteiger partial charge in [0, 0.05) is 18.3 Å². The van der Waals surface area contributed by atoms with Gasteiger partial charge in [0.05, 0.1) is 11.0 Å². The fraction of sp³-hybridized carbons (Fsp3) is 0.500. The van der Waals surface area contributed by atoms with Gasteiger partial charge in [0.1, 0.15) is 0 Å². The molecule has 0 aliphatic carbocycles. The zero-order chi connectivity index (χ0) is 9.68. The first kappa shape index (κ1) is 10.2. The zero-order valence-corrected chi connectivity index (χ0v) is 8.97. The Kier molecular flexibility index (Phi) is 3.95. The van der Waals surface area contributed by atoms with Gasteiger partial charge < -0.3 is 5.32 Å². The molecule has 1 unspecified atom stereocenters. The van der Waals surface area contributed by atoms with Crippen LogP contribution in [-0.2, 0) is 11.3 Å². The molecule has 1 rings (SSSR count). The van der Waals surface area contributed by atoms with Crippen molar-refractivity contribution in [2.24, 2.45) is 0 Å². The van der Waals surface area contributed by atoms with Crippen LogP contribution in [0.3, 0.4) is 0 Å². The molecule has 0 saturated heterocycles. The van der Waals surface area contributed by atoms with E-state index in [1.165, 1.54) is 0 Å². The van der Waals surface area contributed by atoms with Crippen molar-refractivity contribution in [2.45, 2.75) is 24.7 Å². The highest BCUT2D eigenvalue weighted by molar-refractivity contribution is 9.10. The molecule has 1 aromatic rings. The van der Waals surface area contributed by atoms with Gasteiger partial charge in [0.15, 0.2) is 0 Å². The normalized spacial score (nSPS) is 12.5. The number of amides is 1. The Balaban J connectivity index is 2.31. The molecule has 0 aromatic carbocycles. The predicted octanol–water partition coefficient (Wildman–Crippen LogP) is 1.20. The molecule has 0 saturated carbocycles. The minimum atomic E-state index is -0.0978. The van der Waals surface area contributed by atoms with Crippen LogP contribution in [0.1, 0.15) is 18.9 Å². The van der Waals surface area contributed by atoms with E-state index in [9.17, 15) is 4.79 Å². The molecule has 1 amide bonds. The van der Waals surface area contributed by atoms with Gasteiger partial charge in [-0.2, -0.15) is 5.10 Å². The van der Waals surface area contributed by atoms with Gasteiger partial charge in [-0.3, -0.25) is 9.89 Å². The summed E-state index contributed by atoms with van der Waals surface area (Å²) in [6, 6.07) is 0. The Morgan fingerprint density at radius 3 is 3.15 bits per heavy atom. The molecule has 0 bridgehead atoms. The first-order chi connectivity index (χ1) is 6.24. The van der Waals surface area contributed by atoms with Crippen LogP contribution in [0.5, 0.6) is 0 Å². The van der Waals surface area contributed by atoms with Crippen molar-refractivity contribution >= 4 is 21.8 Å². The first-order valence-electron chi connectivity index (χ1n) is 4.13. The van der Waals surface area contributed by atoms with E-state index in [4.69, 9.17) is 0 Å². The number of carbonyl (C=O) groups is 1. The van der Waals surface area contributed by atoms with Crippen LogP contribution >= 0.6 is 15.9 Å². The van der Waals surface area contributed by atoms with Gasteiger partial charge in [0.2, 0.25) is 5.91 Å². The summed E-state index contributed by atoms with van der Waals surface area (Å²) in [5.41, 5.74) is 0.976. The van der Waals surface area contributed by atoms with Crippen LogP contribution in [0.4, 0.5) is 0 Å². The quantitative estimate of drug-likeness (QED) is 0.784. The van der Waals surface area contributed by atoms with Gasteiger partial charge in [-0.15, -0.1) is 0 Å². The van der Waals surface area contributed by atoms with E-state index in [1.807, 2.05) is 6.92 Å². The van der Waals surface area contributed by atoms with Gasteiger partial charge in [-0.05, 0) is 6.42 Å². The highest BCUT2D eigenvalue weighted by atomic mass is 79.9. The van der Waals surface area contributed by atoms with Gasteiger partial charge in [-0.25, -0.2) is 0 Å². The summed E-state index contributed by atoms with van der Waals surface area (Å²) in [4.78, 5) is 11.2. The molecule has 0 radical (unpaired) electrons. The summed E-state index contributed by atoms with van der Waals surface area (Å²) in [6.45, 7) is 2.48. The third-order valence-corrected chi connectivity index (χ3v) is 2.73. The van der Waals surface area contributed by atoms with Crippen molar-refractivity contribution in [2.75, 3.05) is 0 Å². The van der Waals surface area contributed by atoms with E-state index in [-0.39, 0.29) is 10.7 Å². The minimum Gasteiger partial charge on any atom is -0.351 e. The molecule has 0 aliphatic rings. The molecule has 1 heterocycles. The Bertz CT molecular complexity index is 260. The number of rotatable bonds is 4. The summed E-state index contributed by atoms with van der Waals surface area (Å²) >= 11 is 3.27. The Labute approximate surface area is 85.2 Å². The first-order valence-corrected chi connectivity index (χ1v) is 5.05. The molecule has 13 heavy (non-hydrogen) atoms. The molecule has 5 heteroatoms. The van der Waals surface area contributed by atoms with Crippen molar-refractivity contribution in [1.29, 1.82) is 0 Å². The number of aromatic amines is 1. The molecule has 0 fully saturated rings. The van der Waals surface area contributed by atoms with Crippen LogP contribution in [0.15, 0.2) is 12.4 Å². The average Bonchev–Trinajstić information content (AvgIpc) is 2.65. The van der Waals surface area contributed by atoms with Crippen LogP contribution in [-0.4, -0.2) is 20.9 Å². The third kappa shape index (κ3) is 3.18. The lowest BCUT2D eigenvalue weighted by Gasteiger charge is -2.06. The molecular formula is C8H12BrN3O. The molecule has 4 nitrogen and oxygen atoms in total. The maximum Gasteiger partial charge on any atom is 0.234 e. The lowest BCUT2D eigenvalue weighted by molar-refractivity contribution is -0.120. The van der Waals surface area contributed by atoms with E-state index < -0.39 is 0 Å². The number of aromatic nitrogens is 2. The smallest absolute Gasteiger partial charge is 0.234 e. The largest absolute Gasteiger partial charge is 0.351 e. The van der Waals surface area contributed by atoms with Crippen LogP contribution in [0.2, 0.25) is 0 Å². The van der Waals surface area contributed by atoms with Crippen molar-refractivity contribution in [3.05, 3.63) is 18.0 Å². The van der Waals surface area contributed by atoms with Gasteiger partial charge in [-0.1, -0.05) is 22.9 Å². The van der Waals surface area contributed by atoms with Gasteiger partial charge in [0.25, 0.3) is 0 Å². The second-order valence-electron chi connectivity index (χ2n) is 2.70. The van der Waals surface area contributed by atoms with Crippen molar-refractivity contribution in [1.82, 2.24) is 15.5 Å². The number of alkyl halides is 1. The second-order valence-corrected chi connectivity index (χ2v) is 3.81. The van der Waals surface area contributed by atoms with E-state index >= 15 is 0 Å². The van der Waals surface area contributed by atoms with Crippen LogP contribution in [0.25, 0.3) is 0 Å². The lowest BCUT2D eigenvalue weighted by Crippen LogP contribution is -2.29. The number of nitrogens with zero attached hydrogens (tertiary/aromatic N) is 1. The highest BCUT2D eigenvalue weighted by Gasteiger charge is 2.11. The molecule has 72 valence electrons. The van der Waals surface area contributed by atoms with E-state index in [1.54, 1.807) is 12.4 Å². The fourth-order valence-electron chi connectivity index (χ4n) is 0.860. The van der Waals surface area contributed by atoms with Gasteiger partial charge >= 0.3 is 0 Å². The number of H-pyrrole nitrogens is 1. The highest BCUT2D eigenvalue weighted by Crippen LogP contribution is 2.04. The second kappa shape index (κ2) is 5.01. The summed E-state index contributed by atoms with van der Waals surface area (Å²) in [6.07, 6.45) is 4.24. The van der Waals surface area contributed by atoms with Crippen molar-refractivity contribution in [3.63, 3.8) is 0 Å². The SMILES string of the molecule is CCC(Br)C(=O)NCc1cn[nH]c1. The summed E-state index contributed by atoms with van der Waals surface area (Å²) in [5.74, 6) is 0.0173. The molecule has 0 aliphatic heterocycles. The zero-order valence-electron chi connectivity index (χ0n) is 7.38. The van der Waals surface area contributed by atoms with E-state index in [0.29, 0.717) is 6.54 Å². The summed E-state index contributed by atoms with van der Waals surface area (Å²) < 4.78 is 0. The minimum absolute atomic E-state index is 0.0173. The van der Waals surface area contributed by atoms with Crippen molar-refractivity contribution in [3.8, 4) is 0 Å². The lowest BCUT2D eigenvalue weighted by atomic mass is 10.3. The topological polar surface area (TPSA) is 57.8 Å². The Morgan fingerprint density at radius 1 is 1.85 bits per heavy atom. The Hall–Kier alpha value is -0.840. The molecule has 0 spiro atoms. The number of carbonyl (C=O) groups excluding carboxylic acids is 1. The fourth-order valence-corrected chi connectivity index (χ4v) is 1.02. The van der Waals surface area contributed by atoms with Crippen molar-refractivity contribution < 1.29 is 4.79 Å². The van der Waals surface area contributed by atoms with E-state index in [0.717, 1.165) is 12.0 Å². The molecule has 1 atom stereocenters. The molecule has 2 N–H and O–H groups in total.